The van der Waals surface area contributed by atoms with Crippen LogP contribution in [0.5, 0.6) is 0 Å². The van der Waals surface area contributed by atoms with E-state index in [0.29, 0.717) is 0 Å². The number of hydrogen-bond donors (Lipinski definition) is 1. The summed E-state index contributed by atoms with van der Waals surface area (Å²) in [4.78, 5) is 3.87. The van der Waals surface area contributed by atoms with Crippen molar-refractivity contribution in [3.8, 4) is 0 Å². The molecule has 0 aromatic carbocycles. The second kappa shape index (κ2) is 5.86. The smallest absolute Gasteiger partial charge is 0.0271 e. The molecule has 1 aromatic rings. The molecule has 1 atom stereocenters. The average Bonchev–Trinajstić information content (AvgIpc) is 2.10. The van der Waals surface area contributed by atoms with Crippen LogP contribution in [0.4, 0.5) is 0 Å². The fourth-order valence-electron chi connectivity index (χ4n) is 0.667. The van der Waals surface area contributed by atoms with Gasteiger partial charge in [0.1, 0.15) is 0 Å². The van der Waals surface area contributed by atoms with Crippen LogP contribution in [-0.4, -0.2) is 4.98 Å². The largest absolute Gasteiger partial charge is 0.324 e. The summed E-state index contributed by atoms with van der Waals surface area (Å²) in [6, 6.07) is 3.96. The van der Waals surface area contributed by atoms with Crippen molar-refractivity contribution in [3.63, 3.8) is 0 Å². The Morgan fingerprint density at radius 1 is 1.36 bits per heavy atom. The lowest BCUT2D eigenvalue weighted by Gasteiger charge is -2.01. The molecule has 64 valence electrons. The molecule has 0 saturated carbocycles. The monoisotopic (exact) mass is 154 g/mol. The number of hydrogen-bond acceptors (Lipinski definition) is 2. The Balaban J connectivity index is 0. The lowest BCUT2D eigenvalue weighted by atomic mass is 10.1. The van der Waals surface area contributed by atoms with Crippen LogP contribution in [0.3, 0.4) is 0 Å². The topological polar surface area (TPSA) is 38.9 Å². The summed E-state index contributed by atoms with van der Waals surface area (Å²) < 4.78 is 0. The SMILES string of the molecule is CC.CC(N)c1ccncc1.[HH]. The first-order chi connectivity index (χ1) is 5.30. The summed E-state index contributed by atoms with van der Waals surface area (Å²) in [7, 11) is 0. The maximum Gasteiger partial charge on any atom is 0.0271 e. The van der Waals surface area contributed by atoms with Crippen molar-refractivity contribution in [2.45, 2.75) is 26.8 Å². The highest BCUT2D eigenvalue weighted by Gasteiger charge is 1.94. The molecule has 0 aliphatic heterocycles. The Hall–Kier alpha value is -0.890. The molecular formula is C9H18N2. The van der Waals surface area contributed by atoms with E-state index in [0.717, 1.165) is 5.56 Å². The minimum Gasteiger partial charge on any atom is -0.324 e. The fourth-order valence-corrected chi connectivity index (χ4v) is 0.667. The zero-order valence-corrected chi connectivity index (χ0v) is 7.41. The summed E-state index contributed by atoms with van der Waals surface area (Å²) >= 11 is 0. The van der Waals surface area contributed by atoms with Crippen molar-refractivity contribution in [2.75, 3.05) is 0 Å². The Morgan fingerprint density at radius 3 is 2.09 bits per heavy atom. The Kier molecular flexibility index (Phi) is 5.39. The molecule has 0 amide bonds. The molecule has 1 aromatic heterocycles. The molecule has 2 N–H and O–H groups in total. The predicted molar refractivity (Wildman–Crippen MR) is 50.3 cm³/mol. The molecule has 0 bridgehead atoms. The van der Waals surface area contributed by atoms with Crippen LogP contribution in [0.1, 0.15) is 33.8 Å². The van der Waals surface area contributed by atoms with E-state index in [1.807, 2.05) is 32.9 Å². The van der Waals surface area contributed by atoms with Crippen LogP contribution < -0.4 is 5.73 Å². The summed E-state index contributed by atoms with van der Waals surface area (Å²) in [5.41, 5.74) is 6.72. The van der Waals surface area contributed by atoms with Crippen molar-refractivity contribution >= 4 is 0 Å². The highest BCUT2D eigenvalue weighted by atomic mass is 14.6. The van der Waals surface area contributed by atoms with E-state index in [2.05, 4.69) is 4.98 Å². The van der Waals surface area contributed by atoms with Crippen LogP contribution in [0.25, 0.3) is 0 Å². The first-order valence-electron chi connectivity index (χ1n) is 3.96. The highest BCUT2D eigenvalue weighted by Crippen LogP contribution is 2.05. The predicted octanol–water partition coefficient (Wildman–Crippen LogP) is 2.37. The van der Waals surface area contributed by atoms with Gasteiger partial charge in [-0.05, 0) is 24.6 Å². The molecule has 0 fully saturated rings. The summed E-state index contributed by atoms with van der Waals surface area (Å²) in [6.07, 6.45) is 3.50. The van der Waals surface area contributed by atoms with E-state index in [1.165, 1.54) is 0 Å². The van der Waals surface area contributed by atoms with Gasteiger partial charge in [-0.15, -0.1) is 0 Å². The van der Waals surface area contributed by atoms with E-state index in [9.17, 15) is 0 Å². The highest BCUT2D eigenvalue weighted by molar-refractivity contribution is 5.12. The second-order valence-corrected chi connectivity index (χ2v) is 2.07. The standard InChI is InChI=1S/C7H10N2.C2H6.H2/c1-6(8)7-2-4-9-5-3-7;1-2;/h2-6H,8H2,1H3;1-2H3;1H. The van der Waals surface area contributed by atoms with Crippen LogP contribution in [0, 0.1) is 0 Å². The molecule has 1 unspecified atom stereocenters. The normalized spacial score (nSPS) is 11.3. The van der Waals surface area contributed by atoms with Crippen LogP contribution in [-0.2, 0) is 0 Å². The molecule has 2 heteroatoms. The van der Waals surface area contributed by atoms with Gasteiger partial charge in [-0.25, -0.2) is 0 Å². The third-order valence-corrected chi connectivity index (χ3v) is 1.23. The van der Waals surface area contributed by atoms with Gasteiger partial charge in [-0.2, -0.15) is 0 Å². The third kappa shape index (κ3) is 3.73. The van der Waals surface area contributed by atoms with Gasteiger partial charge in [-0.3, -0.25) is 4.98 Å². The first kappa shape index (κ1) is 10.1. The van der Waals surface area contributed by atoms with E-state index >= 15 is 0 Å². The van der Waals surface area contributed by atoms with E-state index < -0.39 is 0 Å². The molecule has 11 heavy (non-hydrogen) atoms. The second-order valence-electron chi connectivity index (χ2n) is 2.07. The quantitative estimate of drug-likeness (QED) is 0.674. The van der Waals surface area contributed by atoms with E-state index in [4.69, 9.17) is 5.73 Å². The van der Waals surface area contributed by atoms with Crippen molar-refractivity contribution in [3.05, 3.63) is 30.1 Å². The molecule has 1 rings (SSSR count). The van der Waals surface area contributed by atoms with Crippen LogP contribution in [0.15, 0.2) is 24.5 Å². The van der Waals surface area contributed by atoms with Gasteiger partial charge in [-0.1, -0.05) is 13.8 Å². The molecule has 0 spiro atoms. The summed E-state index contributed by atoms with van der Waals surface area (Å²) in [5.74, 6) is 0. The molecule has 0 aliphatic carbocycles. The lowest BCUT2D eigenvalue weighted by Crippen LogP contribution is -2.04. The van der Waals surface area contributed by atoms with Crippen molar-refractivity contribution in [2.24, 2.45) is 5.73 Å². The van der Waals surface area contributed by atoms with Gasteiger partial charge >= 0.3 is 0 Å². The van der Waals surface area contributed by atoms with E-state index in [-0.39, 0.29) is 7.47 Å². The number of nitrogens with two attached hydrogens (primary N) is 1. The van der Waals surface area contributed by atoms with Crippen molar-refractivity contribution in [1.82, 2.24) is 4.98 Å². The average molecular weight is 154 g/mol. The summed E-state index contributed by atoms with van der Waals surface area (Å²) in [6.45, 7) is 5.95. The van der Waals surface area contributed by atoms with Crippen molar-refractivity contribution in [1.29, 1.82) is 0 Å². The van der Waals surface area contributed by atoms with E-state index in [1.54, 1.807) is 12.4 Å². The minimum atomic E-state index is 0. The van der Waals surface area contributed by atoms with Gasteiger partial charge in [0.25, 0.3) is 0 Å². The Bertz CT molecular complexity index is 175. The number of pyridine rings is 1. The Labute approximate surface area is 69.9 Å². The molecule has 1 heterocycles. The maximum absolute atomic E-state index is 5.59. The fraction of sp³-hybridized carbons (Fsp3) is 0.444. The van der Waals surface area contributed by atoms with Gasteiger partial charge in [0.05, 0.1) is 0 Å². The molecule has 0 radical (unpaired) electrons. The number of rotatable bonds is 1. The number of aromatic nitrogens is 1. The molecule has 0 aliphatic rings. The maximum atomic E-state index is 5.59. The zero-order valence-electron chi connectivity index (χ0n) is 7.41. The number of nitrogens with zero attached hydrogens (tertiary/aromatic N) is 1. The third-order valence-electron chi connectivity index (χ3n) is 1.23. The summed E-state index contributed by atoms with van der Waals surface area (Å²) in [5, 5.41) is 0. The first-order valence-corrected chi connectivity index (χ1v) is 3.96. The lowest BCUT2D eigenvalue weighted by molar-refractivity contribution is 0.815. The van der Waals surface area contributed by atoms with Gasteiger partial charge in [0.2, 0.25) is 0 Å². The van der Waals surface area contributed by atoms with Gasteiger partial charge < -0.3 is 5.73 Å². The molecular weight excluding hydrogens is 136 g/mol. The van der Waals surface area contributed by atoms with Gasteiger partial charge in [0, 0.05) is 19.9 Å². The van der Waals surface area contributed by atoms with Crippen molar-refractivity contribution < 1.29 is 1.43 Å². The molecule has 2 nitrogen and oxygen atoms in total. The Morgan fingerprint density at radius 2 is 1.82 bits per heavy atom. The van der Waals surface area contributed by atoms with Crippen LogP contribution in [0.2, 0.25) is 0 Å². The van der Waals surface area contributed by atoms with Crippen LogP contribution >= 0.6 is 0 Å². The van der Waals surface area contributed by atoms with Gasteiger partial charge in [0.15, 0.2) is 0 Å². The zero-order chi connectivity index (χ0) is 8.69. The minimum absolute atomic E-state index is 0. The molecule has 0 saturated heterocycles.